The fraction of sp³-hybridized carbons (Fsp3) is 0.385. The van der Waals surface area contributed by atoms with Gasteiger partial charge < -0.3 is 0 Å². The zero-order valence-electron chi connectivity index (χ0n) is 9.48. The van der Waals surface area contributed by atoms with Crippen molar-refractivity contribution in [3.05, 3.63) is 35.1 Å². The molecule has 0 aliphatic heterocycles. The molecule has 0 saturated carbocycles. The van der Waals surface area contributed by atoms with Crippen molar-refractivity contribution in [1.82, 2.24) is 0 Å². The summed E-state index contributed by atoms with van der Waals surface area (Å²) in [6.45, 7) is 3.48. The Labute approximate surface area is 97.6 Å². The van der Waals surface area contributed by atoms with Crippen molar-refractivity contribution in [3.63, 3.8) is 0 Å². The van der Waals surface area contributed by atoms with E-state index in [2.05, 4.69) is 5.92 Å². The highest BCUT2D eigenvalue weighted by atomic mass is 19.4. The minimum absolute atomic E-state index is 0.0719. The number of benzene rings is 1. The molecule has 0 spiro atoms. The van der Waals surface area contributed by atoms with E-state index in [-0.39, 0.29) is 11.5 Å². The normalized spacial score (nSPS) is 13.5. The largest absolute Gasteiger partial charge is 0.419 e. The minimum Gasteiger partial charge on any atom is -0.206 e. The standard InChI is InChI=1S/C13H12F4/c1-4-9(8(2)3)10-6-5-7-11(12(10)14)13(15,16)17/h1,5-9H,2-3H3/t9-/m1/s1. The Balaban J connectivity index is 3.34. The summed E-state index contributed by atoms with van der Waals surface area (Å²) >= 11 is 0. The van der Waals surface area contributed by atoms with E-state index >= 15 is 0 Å². The zero-order chi connectivity index (χ0) is 13.2. The minimum atomic E-state index is -4.70. The first-order valence-electron chi connectivity index (χ1n) is 5.10. The molecular formula is C13H12F4. The van der Waals surface area contributed by atoms with Crippen LogP contribution in [0.15, 0.2) is 18.2 Å². The molecule has 0 amide bonds. The molecule has 0 saturated heterocycles. The molecule has 0 aromatic heterocycles. The van der Waals surface area contributed by atoms with Crippen LogP contribution in [0.4, 0.5) is 17.6 Å². The lowest BCUT2D eigenvalue weighted by Gasteiger charge is -2.18. The van der Waals surface area contributed by atoms with E-state index in [0.717, 1.165) is 0 Å². The smallest absolute Gasteiger partial charge is 0.206 e. The highest BCUT2D eigenvalue weighted by molar-refractivity contribution is 5.34. The molecule has 0 unspecified atom stereocenters. The van der Waals surface area contributed by atoms with Crippen LogP contribution in [0.2, 0.25) is 0 Å². The maximum atomic E-state index is 13.8. The molecule has 1 rings (SSSR count). The van der Waals surface area contributed by atoms with Gasteiger partial charge in [0.25, 0.3) is 0 Å². The van der Waals surface area contributed by atoms with Crippen LogP contribution in [0.3, 0.4) is 0 Å². The highest BCUT2D eigenvalue weighted by Gasteiger charge is 2.35. The third kappa shape index (κ3) is 2.79. The second-order valence-electron chi connectivity index (χ2n) is 4.09. The summed E-state index contributed by atoms with van der Waals surface area (Å²) in [5, 5.41) is 0. The monoisotopic (exact) mass is 244 g/mol. The fourth-order valence-electron chi connectivity index (χ4n) is 1.65. The molecule has 0 bridgehead atoms. The van der Waals surface area contributed by atoms with Crippen LogP contribution < -0.4 is 0 Å². The van der Waals surface area contributed by atoms with Crippen molar-refractivity contribution >= 4 is 0 Å². The van der Waals surface area contributed by atoms with E-state index in [1.165, 1.54) is 12.1 Å². The summed E-state index contributed by atoms with van der Waals surface area (Å²) < 4.78 is 51.3. The lowest BCUT2D eigenvalue weighted by molar-refractivity contribution is -0.140. The quantitative estimate of drug-likeness (QED) is 0.539. The molecule has 0 aliphatic carbocycles. The second-order valence-corrected chi connectivity index (χ2v) is 4.09. The molecule has 4 heteroatoms. The van der Waals surface area contributed by atoms with Crippen LogP contribution in [-0.4, -0.2) is 0 Å². The summed E-state index contributed by atoms with van der Waals surface area (Å²) in [5.41, 5.74) is -1.34. The molecule has 0 nitrogen and oxygen atoms in total. The van der Waals surface area contributed by atoms with E-state index in [1.807, 2.05) is 0 Å². The van der Waals surface area contributed by atoms with Crippen LogP contribution in [0.25, 0.3) is 0 Å². The SMILES string of the molecule is C#C[C@@H](c1cccc(C(F)(F)F)c1F)C(C)C. The van der Waals surface area contributed by atoms with Gasteiger partial charge in [-0.05, 0) is 12.0 Å². The Hall–Kier alpha value is -1.50. The van der Waals surface area contributed by atoms with Gasteiger partial charge in [-0.2, -0.15) is 13.2 Å². The molecular weight excluding hydrogens is 232 g/mol. The summed E-state index contributed by atoms with van der Waals surface area (Å²) in [6, 6.07) is 3.19. The van der Waals surface area contributed by atoms with Gasteiger partial charge in [-0.25, -0.2) is 4.39 Å². The first-order chi connectivity index (χ1) is 7.79. The number of halogens is 4. The Morgan fingerprint density at radius 1 is 1.24 bits per heavy atom. The number of alkyl halides is 3. The van der Waals surface area contributed by atoms with Gasteiger partial charge in [0.05, 0.1) is 11.5 Å². The number of terminal acetylenes is 1. The van der Waals surface area contributed by atoms with Gasteiger partial charge in [-0.1, -0.05) is 31.9 Å². The summed E-state index contributed by atoms with van der Waals surface area (Å²) in [5.74, 6) is 0.281. The first-order valence-corrected chi connectivity index (χ1v) is 5.10. The van der Waals surface area contributed by atoms with Gasteiger partial charge in [0.1, 0.15) is 5.82 Å². The molecule has 0 N–H and O–H groups in total. The molecule has 0 radical (unpaired) electrons. The number of hydrogen-bond acceptors (Lipinski definition) is 0. The van der Waals surface area contributed by atoms with Crippen molar-refractivity contribution in [2.24, 2.45) is 5.92 Å². The topological polar surface area (TPSA) is 0 Å². The van der Waals surface area contributed by atoms with E-state index in [0.29, 0.717) is 6.07 Å². The van der Waals surface area contributed by atoms with Crippen molar-refractivity contribution in [2.45, 2.75) is 25.9 Å². The lowest BCUT2D eigenvalue weighted by Crippen LogP contribution is -2.13. The molecule has 1 atom stereocenters. The van der Waals surface area contributed by atoms with Gasteiger partial charge in [-0.3, -0.25) is 0 Å². The molecule has 0 heterocycles. The van der Waals surface area contributed by atoms with Crippen LogP contribution >= 0.6 is 0 Å². The molecule has 0 aliphatic rings. The van der Waals surface area contributed by atoms with Gasteiger partial charge in [0.15, 0.2) is 0 Å². The Kier molecular flexibility index (Phi) is 3.82. The maximum Gasteiger partial charge on any atom is 0.419 e. The van der Waals surface area contributed by atoms with E-state index in [1.54, 1.807) is 13.8 Å². The summed E-state index contributed by atoms with van der Waals surface area (Å²) in [7, 11) is 0. The molecule has 1 aromatic rings. The molecule has 17 heavy (non-hydrogen) atoms. The second kappa shape index (κ2) is 4.79. The van der Waals surface area contributed by atoms with Crippen LogP contribution in [0.5, 0.6) is 0 Å². The highest BCUT2D eigenvalue weighted by Crippen LogP contribution is 2.35. The predicted octanol–water partition coefficient (Wildman–Crippen LogP) is 4.22. The third-order valence-corrected chi connectivity index (χ3v) is 2.52. The Morgan fingerprint density at radius 2 is 1.82 bits per heavy atom. The number of rotatable bonds is 2. The molecule has 1 aromatic carbocycles. The van der Waals surface area contributed by atoms with Gasteiger partial charge >= 0.3 is 6.18 Å². The van der Waals surface area contributed by atoms with Crippen molar-refractivity contribution in [1.29, 1.82) is 0 Å². The lowest BCUT2D eigenvalue weighted by atomic mass is 9.88. The van der Waals surface area contributed by atoms with Crippen molar-refractivity contribution < 1.29 is 17.6 Å². The zero-order valence-corrected chi connectivity index (χ0v) is 9.48. The predicted molar refractivity (Wildman–Crippen MR) is 57.8 cm³/mol. The van der Waals surface area contributed by atoms with Crippen molar-refractivity contribution in [3.8, 4) is 12.3 Å². The maximum absolute atomic E-state index is 13.8. The third-order valence-electron chi connectivity index (χ3n) is 2.52. The summed E-state index contributed by atoms with van der Waals surface area (Å²) in [4.78, 5) is 0. The fourth-order valence-corrected chi connectivity index (χ4v) is 1.65. The van der Waals surface area contributed by atoms with Crippen LogP contribution in [-0.2, 0) is 6.18 Å². The van der Waals surface area contributed by atoms with Gasteiger partial charge in [0, 0.05) is 5.56 Å². The van der Waals surface area contributed by atoms with E-state index < -0.39 is 23.5 Å². The van der Waals surface area contributed by atoms with Crippen molar-refractivity contribution in [2.75, 3.05) is 0 Å². The van der Waals surface area contributed by atoms with E-state index in [4.69, 9.17) is 6.42 Å². The average molecular weight is 244 g/mol. The van der Waals surface area contributed by atoms with Gasteiger partial charge in [-0.15, -0.1) is 6.42 Å². The van der Waals surface area contributed by atoms with Gasteiger partial charge in [0.2, 0.25) is 0 Å². The average Bonchev–Trinajstić information content (AvgIpc) is 2.19. The van der Waals surface area contributed by atoms with E-state index in [9.17, 15) is 17.6 Å². The Morgan fingerprint density at radius 3 is 2.24 bits per heavy atom. The number of hydrogen-bond donors (Lipinski definition) is 0. The molecule has 92 valence electrons. The summed E-state index contributed by atoms with van der Waals surface area (Å²) in [6.07, 6.45) is 0.538. The van der Waals surface area contributed by atoms with Crippen LogP contribution in [0, 0.1) is 24.1 Å². The first kappa shape index (κ1) is 13.6. The molecule has 0 fully saturated rings. The van der Waals surface area contributed by atoms with Crippen LogP contribution in [0.1, 0.15) is 30.9 Å². The Bertz CT molecular complexity index is 438.